The molecule has 2 aromatic carbocycles. The van der Waals surface area contributed by atoms with Gasteiger partial charge in [0.15, 0.2) is 0 Å². The van der Waals surface area contributed by atoms with Crippen molar-refractivity contribution in [3.63, 3.8) is 0 Å². The Morgan fingerprint density at radius 3 is 2.43 bits per heavy atom. The highest BCUT2D eigenvalue weighted by atomic mass is 19.1. The van der Waals surface area contributed by atoms with Crippen LogP contribution in [0.1, 0.15) is 34.5 Å². The quantitative estimate of drug-likeness (QED) is 0.889. The minimum Gasteiger partial charge on any atom is -0.366 e. The maximum absolute atomic E-state index is 13.8. The van der Waals surface area contributed by atoms with Gasteiger partial charge in [-0.3, -0.25) is 4.79 Å². The van der Waals surface area contributed by atoms with E-state index in [0.29, 0.717) is 12.1 Å². The third-order valence-electron chi connectivity index (χ3n) is 3.31. The van der Waals surface area contributed by atoms with E-state index in [9.17, 15) is 13.6 Å². The van der Waals surface area contributed by atoms with Crippen LogP contribution in [0.2, 0.25) is 0 Å². The van der Waals surface area contributed by atoms with Gasteiger partial charge in [0.1, 0.15) is 11.6 Å². The number of hydrogen-bond donors (Lipinski definition) is 2. The highest BCUT2D eigenvalue weighted by Crippen LogP contribution is 2.15. The Kier molecular flexibility index (Phi) is 4.65. The first-order valence-electron chi connectivity index (χ1n) is 6.54. The number of hydrogen-bond acceptors (Lipinski definition) is 2. The fourth-order valence-electron chi connectivity index (χ4n) is 1.98. The van der Waals surface area contributed by atoms with Crippen LogP contribution >= 0.6 is 0 Å². The highest BCUT2D eigenvalue weighted by molar-refractivity contribution is 5.92. The molecule has 0 unspecified atom stereocenters. The predicted octanol–water partition coefficient (Wildman–Crippen LogP) is 2.91. The van der Waals surface area contributed by atoms with E-state index in [-0.39, 0.29) is 17.4 Å². The molecular formula is C16H16F2N2O. The summed E-state index contributed by atoms with van der Waals surface area (Å²) >= 11 is 0. The molecule has 0 aliphatic carbocycles. The van der Waals surface area contributed by atoms with E-state index in [1.165, 1.54) is 24.3 Å². The third-order valence-corrected chi connectivity index (χ3v) is 3.31. The molecule has 1 atom stereocenters. The number of rotatable bonds is 5. The van der Waals surface area contributed by atoms with E-state index in [0.717, 1.165) is 11.6 Å². The lowest BCUT2D eigenvalue weighted by molar-refractivity contribution is 0.1000. The molecule has 110 valence electrons. The van der Waals surface area contributed by atoms with E-state index >= 15 is 0 Å². The third kappa shape index (κ3) is 3.86. The zero-order chi connectivity index (χ0) is 15.4. The van der Waals surface area contributed by atoms with Crippen molar-refractivity contribution in [3.8, 4) is 0 Å². The number of amides is 1. The molecule has 2 rings (SSSR count). The maximum atomic E-state index is 13.8. The Bertz CT molecular complexity index is 641. The molecule has 21 heavy (non-hydrogen) atoms. The summed E-state index contributed by atoms with van der Waals surface area (Å²) in [5.74, 6) is -1.43. The second kappa shape index (κ2) is 6.45. The average molecular weight is 290 g/mol. The lowest BCUT2D eigenvalue weighted by Gasteiger charge is -2.15. The Balaban J connectivity index is 2.02. The zero-order valence-electron chi connectivity index (χ0n) is 11.6. The van der Waals surface area contributed by atoms with Crippen molar-refractivity contribution in [2.75, 3.05) is 0 Å². The molecule has 0 bridgehead atoms. The van der Waals surface area contributed by atoms with Crippen molar-refractivity contribution >= 4 is 5.91 Å². The van der Waals surface area contributed by atoms with Crippen LogP contribution in [0.25, 0.3) is 0 Å². The summed E-state index contributed by atoms with van der Waals surface area (Å²) in [6.45, 7) is 2.20. The van der Waals surface area contributed by atoms with Crippen LogP contribution in [-0.2, 0) is 6.54 Å². The molecule has 0 saturated heterocycles. The molecule has 2 aromatic rings. The summed E-state index contributed by atoms with van der Waals surface area (Å²) in [6, 6.07) is 10.2. The molecule has 0 spiro atoms. The van der Waals surface area contributed by atoms with Gasteiger partial charge >= 0.3 is 0 Å². The van der Waals surface area contributed by atoms with Crippen LogP contribution in [0.15, 0.2) is 42.5 Å². The zero-order valence-corrected chi connectivity index (χ0v) is 11.6. The Morgan fingerprint density at radius 1 is 1.19 bits per heavy atom. The average Bonchev–Trinajstić information content (AvgIpc) is 2.46. The minimum atomic E-state index is -0.659. The molecule has 0 aliphatic heterocycles. The molecule has 0 heterocycles. The fourth-order valence-corrected chi connectivity index (χ4v) is 1.98. The van der Waals surface area contributed by atoms with Gasteiger partial charge in [0.2, 0.25) is 5.91 Å². The van der Waals surface area contributed by atoms with Crippen LogP contribution in [0.3, 0.4) is 0 Å². The van der Waals surface area contributed by atoms with Crippen LogP contribution < -0.4 is 11.1 Å². The smallest absolute Gasteiger partial charge is 0.248 e. The number of nitrogens with one attached hydrogen (secondary N) is 1. The van der Waals surface area contributed by atoms with E-state index in [1.54, 1.807) is 12.1 Å². The fraction of sp³-hybridized carbons (Fsp3) is 0.188. The first kappa shape index (κ1) is 15.1. The molecule has 0 aromatic heterocycles. The van der Waals surface area contributed by atoms with E-state index in [4.69, 9.17) is 5.73 Å². The number of primary amides is 1. The standard InChI is InChI=1S/C16H16F2N2O/c1-10(11-4-6-14(17)7-5-11)20-9-13-3-2-12(16(19)21)8-15(13)18/h2-8,10,20H,9H2,1H3,(H2,19,21)/t10-/m0/s1. The van der Waals surface area contributed by atoms with Gasteiger partial charge in [0, 0.05) is 23.7 Å². The van der Waals surface area contributed by atoms with Crippen molar-refractivity contribution in [2.45, 2.75) is 19.5 Å². The number of halogens is 2. The Labute approximate surface area is 121 Å². The van der Waals surface area contributed by atoms with Gasteiger partial charge in [-0.1, -0.05) is 18.2 Å². The predicted molar refractivity (Wildman–Crippen MR) is 76.6 cm³/mol. The number of benzene rings is 2. The van der Waals surface area contributed by atoms with Crippen LogP contribution in [-0.4, -0.2) is 5.91 Å². The van der Waals surface area contributed by atoms with E-state index < -0.39 is 11.7 Å². The van der Waals surface area contributed by atoms with Gasteiger partial charge < -0.3 is 11.1 Å². The van der Waals surface area contributed by atoms with Crippen molar-refractivity contribution < 1.29 is 13.6 Å². The van der Waals surface area contributed by atoms with Crippen molar-refractivity contribution in [1.29, 1.82) is 0 Å². The molecule has 1 amide bonds. The normalized spacial score (nSPS) is 12.1. The molecule has 3 nitrogen and oxygen atoms in total. The van der Waals surface area contributed by atoms with Gasteiger partial charge in [-0.2, -0.15) is 0 Å². The molecule has 0 saturated carbocycles. The summed E-state index contributed by atoms with van der Waals surface area (Å²) in [4.78, 5) is 11.0. The van der Waals surface area contributed by atoms with E-state index in [1.807, 2.05) is 6.92 Å². The SMILES string of the molecule is C[C@H](NCc1ccc(C(N)=O)cc1F)c1ccc(F)cc1. The number of carbonyl (C=O) groups is 1. The summed E-state index contributed by atoms with van der Waals surface area (Å²) in [6.07, 6.45) is 0. The molecule has 0 fully saturated rings. The molecule has 0 aliphatic rings. The number of carbonyl (C=O) groups excluding carboxylic acids is 1. The van der Waals surface area contributed by atoms with Gasteiger partial charge in [0.05, 0.1) is 0 Å². The van der Waals surface area contributed by atoms with E-state index in [2.05, 4.69) is 5.32 Å². The summed E-state index contributed by atoms with van der Waals surface area (Å²) in [7, 11) is 0. The summed E-state index contributed by atoms with van der Waals surface area (Å²) in [5, 5.41) is 3.15. The molecule has 3 N–H and O–H groups in total. The molecule has 0 radical (unpaired) electrons. The second-order valence-electron chi connectivity index (χ2n) is 4.82. The molecular weight excluding hydrogens is 274 g/mol. The minimum absolute atomic E-state index is 0.0548. The van der Waals surface area contributed by atoms with Crippen molar-refractivity contribution in [2.24, 2.45) is 5.73 Å². The van der Waals surface area contributed by atoms with Crippen molar-refractivity contribution in [1.82, 2.24) is 5.32 Å². The largest absolute Gasteiger partial charge is 0.366 e. The first-order chi connectivity index (χ1) is 9.97. The Morgan fingerprint density at radius 2 is 1.86 bits per heavy atom. The van der Waals surface area contributed by atoms with Crippen LogP contribution in [0.5, 0.6) is 0 Å². The van der Waals surface area contributed by atoms with Crippen LogP contribution in [0.4, 0.5) is 8.78 Å². The van der Waals surface area contributed by atoms with Crippen LogP contribution in [0, 0.1) is 11.6 Å². The lowest BCUT2D eigenvalue weighted by atomic mass is 10.1. The van der Waals surface area contributed by atoms with Gasteiger partial charge in [-0.25, -0.2) is 8.78 Å². The lowest BCUT2D eigenvalue weighted by Crippen LogP contribution is -2.19. The Hall–Kier alpha value is -2.27. The van der Waals surface area contributed by atoms with Gasteiger partial charge in [0.25, 0.3) is 0 Å². The van der Waals surface area contributed by atoms with Gasteiger partial charge in [-0.05, 0) is 36.8 Å². The second-order valence-corrected chi connectivity index (χ2v) is 4.82. The number of nitrogens with two attached hydrogens (primary N) is 1. The maximum Gasteiger partial charge on any atom is 0.248 e. The topological polar surface area (TPSA) is 55.1 Å². The monoisotopic (exact) mass is 290 g/mol. The summed E-state index contributed by atoms with van der Waals surface area (Å²) in [5.41, 5.74) is 6.58. The molecule has 5 heteroatoms. The highest BCUT2D eigenvalue weighted by Gasteiger charge is 2.09. The summed E-state index contributed by atoms with van der Waals surface area (Å²) < 4.78 is 26.7. The van der Waals surface area contributed by atoms with Gasteiger partial charge in [-0.15, -0.1) is 0 Å². The first-order valence-corrected chi connectivity index (χ1v) is 6.54. The van der Waals surface area contributed by atoms with Crippen molar-refractivity contribution in [3.05, 3.63) is 70.8 Å².